The second-order valence-electron chi connectivity index (χ2n) is 6.15. The smallest absolute Gasteiger partial charge is 0.225 e. The van der Waals surface area contributed by atoms with Crippen molar-refractivity contribution in [3.63, 3.8) is 0 Å². The van der Waals surface area contributed by atoms with Crippen LogP contribution in [0, 0.1) is 0 Å². The monoisotopic (exact) mass is 281 g/mol. The fourth-order valence-corrected chi connectivity index (χ4v) is 3.96. The molecule has 2 aliphatic heterocycles. The Hall–Kier alpha value is -1.94. The van der Waals surface area contributed by atoms with E-state index >= 15 is 0 Å². The highest BCUT2D eigenvalue weighted by atomic mass is 16.3. The van der Waals surface area contributed by atoms with Crippen molar-refractivity contribution < 1.29 is 5.11 Å². The van der Waals surface area contributed by atoms with Crippen LogP contribution in [0.15, 0.2) is 48.8 Å². The Kier molecular flexibility index (Phi) is 2.93. The lowest BCUT2D eigenvalue weighted by atomic mass is 9.80. The van der Waals surface area contributed by atoms with Crippen molar-refractivity contribution in [2.45, 2.75) is 43.4 Å². The highest BCUT2D eigenvalue weighted by Gasteiger charge is 2.49. The number of hydrogen-bond donors (Lipinski definition) is 1. The van der Waals surface area contributed by atoms with Crippen LogP contribution in [0.5, 0.6) is 0 Å². The Morgan fingerprint density at radius 3 is 2.19 bits per heavy atom. The van der Waals surface area contributed by atoms with Gasteiger partial charge in [0.1, 0.15) is 0 Å². The largest absolute Gasteiger partial charge is 0.385 e. The lowest BCUT2D eigenvalue weighted by Crippen LogP contribution is -2.50. The van der Waals surface area contributed by atoms with Gasteiger partial charge < -0.3 is 10.0 Å². The fourth-order valence-electron chi connectivity index (χ4n) is 3.96. The summed E-state index contributed by atoms with van der Waals surface area (Å²) in [6.07, 6.45) is 7.31. The molecule has 2 fully saturated rings. The predicted octanol–water partition coefficient (Wildman–Crippen LogP) is 2.50. The van der Waals surface area contributed by atoms with Crippen LogP contribution in [0.1, 0.15) is 31.2 Å². The topological polar surface area (TPSA) is 49.2 Å². The Bertz CT molecular complexity index is 602. The highest BCUT2D eigenvalue weighted by Crippen LogP contribution is 2.46. The third kappa shape index (κ3) is 2.10. The first-order valence-electron chi connectivity index (χ1n) is 7.59. The number of aliphatic hydroxyl groups is 1. The molecule has 4 heteroatoms. The second-order valence-corrected chi connectivity index (χ2v) is 6.15. The first-order valence-corrected chi connectivity index (χ1v) is 7.59. The van der Waals surface area contributed by atoms with Gasteiger partial charge in [0.05, 0.1) is 5.60 Å². The van der Waals surface area contributed by atoms with E-state index in [4.69, 9.17) is 0 Å². The van der Waals surface area contributed by atoms with Gasteiger partial charge in [0, 0.05) is 37.3 Å². The van der Waals surface area contributed by atoms with Crippen molar-refractivity contribution in [3.8, 4) is 0 Å². The van der Waals surface area contributed by atoms with Crippen LogP contribution >= 0.6 is 0 Å². The summed E-state index contributed by atoms with van der Waals surface area (Å²) in [4.78, 5) is 11.1. The van der Waals surface area contributed by atoms with E-state index < -0.39 is 5.60 Å². The van der Waals surface area contributed by atoms with Gasteiger partial charge in [-0.2, -0.15) is 0 Å². The molecule has 3 atom stereocenters. The molecule has 1 aromatic heterocycles. The highest BCUT2D eigenvalue weighted by molar-refractivity contribution is 5.39. The van der Waals surface area contributed by atoms with Crippen molar-refractivity contribution in [1.29, 1.82) is 0 Å². The van der Waals surface area contributed by atoms with E-state index in [2.05, 4.69) is 14.9 Å². The van der Waals surface area contributed by atoms with Crippen LogP contribution in [-0.2, 0) is 5.60 Å². The standard InChI is InChI=1S/C17H19N3O/c21-17(13-5-2-1-3-6-13)11-14-7-8-15(12-17)20(14)16-18-9-4-10-19-16/h1-6,9-10,14-15,21H,7-8,11-12H2/t14-,15+,17?. The normalized spacial score (nSPS) is 31.4. The fraction of sp³-hybridized carbons (Fsp3) is 0.412. The van der Waals surface area contributed by atoms with E-state index in [1.807, 2.05) is 36.4 Å². The molecule has 1 unspecified atom stereocenters. The Morgan fingerprint density at radius 1 is 0.952 bits per heavy atom. The molecule has 4 nitrogen and oxygen atoms in total. The van der Waals surface area contributed by atoms with Crippen LogP contribution in [0.3, 0.4) is 0 Å². The minimum absolute atomic E-state index is 0.330. The summed E-state index contributed by atoms with van der Waals surface area (Å²) < 4.78 is 0. The van der Waals surface area contributed by atoms with E-state index in [0.29, 0.717) is 12.1 Å². The van der Waals surface area contributed by atoms with Gasteiger partial charge in [0.15, 0.2) is 0 Å². The Labute approximate surface area is 124 Å². The molecule has 0 amide bonds. The number of fused-ring (bicyclic) bond motifs is 2. The van der Waals surface area contributed by atoms with Crippen LogP contribution in [-0.4, -0.2) is 27.2 Å². The Balaban J connectivity index is 1.65. The van der Waals surface area contributed by atoms with Crippen LogP contribution in [0.2, 0.25) is 0 Å². The molecule has 0 saturated carbocycles. The summed E-state index contributed by atoms with van der Waals surface area (Å²) >= 11 is 0. The zero-order chi connectivity index (χ0) is 14.3. The molecule has 2 aromatic rings. The minimum atomic E-state index is -0.710. The van der Waals surface area contributed by atoms with Crippen LogP contribution in [0.4, 0.5) is 5.95 Å². The Morgan fingerprint density at radius 2 is 1.57 bits per heavy atom. The summed E-state index contributed by atoms with van der Waals surface area (Å²) in [5, 5.41) is 11.1. The molecule has 2 bridgehead atoms. The molecule has 1 aromatic carbocycles. The van der Waals surface area contributed by atoms with E-state index in [-0.39, 0.29) is 0 Å². The number of hydrogen-bond acceptors (Lipinski definition) is 4. The summed E-state index contributed by atoms with van der Waals surface area (Å²) in [5.74, 6) is 0.806. The van der Waals surface area contributed by atoms with Gasteiger partial charge in [-0.3, -0.25) is 0 Å². The van der Waals surface area contributed by atoms with E-state index in [9.17, 15) is 5.11 Å². The molecule has 2 saturated heterocycles. The molecule has 0 radical (unpaired) electrons. The molecular weight excluding hydrogens is 262 g/mol. The van der Waals surface area contributed by atoms with Gasteiger partial charge in [0.25, 0.3) is 0 Å². The van der Waals surface area contributed by atoms with Crippen molar-refractivity contribution in [1.82, 2.24) is 9.97 Å². The zero-order valence-electron chi connectivity index (χ0n) is 11.9. The van der Waals surface area contributed by atoms with E-state index in [0.717, 1.165) is 37.2 Å². The van der Waals surface area contributed by atoms with Gasteiger partial charge in [-0.15, -0.1) is 0 Å². The summed E-state index contributed by atoms with van der Waals surface area (Å²) in [6.45, 7) is 0. The summed E-state index contributed by atoms with van der Waals surface area (Å²) in [5.41, 5.74) is 0.328. The van der Waals surface area contributed by atoms with Gasteiger partial charge in [-0.25, -0.2) is 9.97 Å². The maximum absolute atomic E-state index is 11.1. The molecule has 108 valence electrons. The third-order valence-corrected chi connectivity index (χ3v) is 4.86. The molecule has 4 rings (SSSR count). The molecule has 21 heavy (non-hydrogen) atoms. The second kappa shape index (κ2) is 4.81. The molecular formula is C17H19N3O. The predicted molar refractivity (Wildman–Crippen MR) is 80.9 cm³/mol. The molecule has 2 aliphatic rings. The van der Waals surface area contributed by atoms with Crippen molar-refractivity contribution in [2.24, 2.45) is 0 Å². The maximum atomic E-state index is 11.1. The third-order valence-electron chi connectivity index (χ3n) is 4.86. The van der Waals surface area contributed by atoms with Gasteiger partial charge >= 0.3 is 0 Å². The van der Waals surface area contributed by atoms with Crippen molar-refractivity contribution in [2.75, 3.05) is 4.90 Å². The van der Waals surface area contributed by atoms with Crippen molar-refractivity contribution in [3.05, 3.63) is 54.4 Å². The van der Waals surface area contributed by atoms with Crippen LogP contribution in [0.25, 0.3) is 0 Å². The number of rotatable bonds is 2. The van der Waals surface area contributed by atoms with E-state index in [1.165, 1.54) is 0 Å². The lowest BCUT2D eigenvalue weighted by molar-refractivity contribution is -0.00336. The molecule has 0 aliphatic carbocycles. The first kappa shape index (κ1) is 12.8. The number of piperidine rings is 1. The molecule has 1 N–H and O–H groups in total. The number of benzene rings is 1. The van der Waals surface area contributed by atoms with Gasteiger partial charge in [-0.05, 0) is 24.5 Å². The number of nitrogens with zero attached hydrogens (tertiary/aromatic N) is 3. The summed E-state index contributed by atoms with van der Waals surface area (Å²) in [7, 11) is 0. The van der Waals surface area contributed by atoms with E-state index in [1.54, 1.807) is 12.4 Å². The lowest BCUT2D eigenvalue weighted by Gasteiger charge is -2.44. The SMILES string of the molecule is OC1(c2ccccc2)C[C@H]2CC[C@@H](C1)N2c1ncccn1. The average molecular weight is 281 g/mol. The van der Waals surface area contributed by atoms with Crippen LogP contribution < -0.4 is 4.90 Å². The van der Waals surface area contributed by atoms with Gasteiger partial charge in [0.2, 0.25) is 5.95 Å². The summed E-state index contributed by atoms with van der Waals surface area (Å²) in [6, 6.07) is 12.6. The zero-order valence-corrected chi connectivity index (χ0v) is 11.9. The van der Waals surface area contributed by atoms with Crippen molar-refractivity contribution >= 4 is 5.95 Å². The number of anilines is 1. The quantitative estimate of drug-likeness (QED) is 0.919. The van der Waals surface area contributed by atoms with Gasteiger partial charge in [-0.1, -0.05) is 30.3 Å². The minimum Gasteiger partial charge on any atom is -0.385 e. The molecule has 0 spiro atoms. The molecule has 3 heterocycles. The first-order chi connectivity index (χ1) is 10.3. The number of aromatic nitrogens is 2. The maximum Gasteiger partial charge on any atom is 0.225 e. The average Bonchev–Trinajstić information content (AvgIpc) is 2.82.